The number of piperidine rings is 1. The molecule has 3 heterocycles. The van der Waals surface area contributed by atoms with Gasteiger partial charge in [-0.25, -0.2) is 9.78 Å². The second kappa shape index (κ2) is 5.20. The van der Waals surface area contributed by atoms with Crippen LogP contribution >= 0.6 is 0 Å². The minimum absolute atomic E-state index is 0.297. The van der Waals surface area contributed by atoms with E-state index in [2.05, 4.69) is 28.4 Å². The van der Waals surface area contributed by atoms with E-state index in [-0.39, 0.29) is 0 Å². The normalized spacial score (nSPS) is 24.6. The molecule has 0 aliphatic carbocycles. The van der Waals surface area contributed by atoms with Crippen molar-refractivity contribution >= 4 is 5.97 Å². The van der Waals surface area contributed by atoms with Crippen LogP contribution in [-0.4, -0.2) is 45.7 Å². The molecule has 1 saturated heterocycles. The van der Waals surface area contributed by atoms with Crippen molar-refractivity contribution in [1.82, 2.24) is 14.5 Å². The minimum atomic E-state index is -0.873. The molecule has 1 N–H and O–H groups in total. The number of fused-ring (bicyclic) bond motifs is 1. The van der Waals surface area contributed by atoms with Gasteiger partial charge >= 0.3 is 5.97 Å². The van der Waals surface area contributed by atoms with E-state index in [0.29, 0.717) is 17.5 Å². The molecule has 1 fully saturated rings. The van der Waals surface area contributed by atoms with Gasteiger partial charge in [0.05, 0.1) is 5.69 Å². The van der Waals surface area contributed by atoms with E-state index < -0.39 is 5.97 Å². The quantitative estimate of drug-likeness (QED) is 0.901. The molecule has 0 bridgehead atoms. The molecule has 0 aromatic carbocycles. The summed E-state index contributed by atoms with van der Waals surface area (Å²) in [5.41, 5.74) is 1.25. The van der Waals surface area contributed by atoms with Crippen molar-refractivity contribution in [3.05, 3.63) is 17.2 Å². The van der Waals surface area contributed by atoms with Crippen molar-refractivity contribution in [3.8, 4) is 0 Å². The Balaban J connectivity index is 1.99. The zero-order valence-corrected chi connectivity index (χ0v) is 12.3. The Labute approximate surface area is 119 Å². The number of aromatic carboxylic acids is 1. The van der Waals surface area contributed by atoms with Crippen LogP contribution in [0.4, 0.5) is 0 Å². The molecule has 2 aliphatic rings. The molecule has 1 atom stereocenters. The van der Waals surface area contributed by atoms with Crippen molar-refractivity contribution < 1.29 is 9.90 Å². The number of imidazole rings is 1. The molecule has 0 radical (unpaired) electrons. The lowest BCUT2D eigenvalue weighted by Gasteiger charge is -2.30. The third kappa shape index (κ3) is 2.24. The average molecular weight is 277 g/mol. The highest BCUT2D eigenvalue weighted by Crippen LogP contribution is 2.35. The van der Waals surface area contributed by atoms with E-state index in [4.69, 9.17) is 0 Å². The largest absolute Gasteiger partial charge is 0.476 e. The van der Waals surface area contributed by atoms with Gasteiger partial charge in [0.1, 0.15) is 5.82 Å². The number of hydrogen-bond acceptors (Lipinski definition) is 3. The Morgan fingerprint density at radius 3 is 2.60 bits per heavy atom. The molecule has 2 aliphatic heterocycles. The summed E-state index contributed by atoms with van der Waals surface area (Å²) < 4.78 is 2.22. The molecule has 3 rings (SSSR count). The van der Waals surface area contributed by atoms with E-state index in [1.807, 2.05) is 0 Å². The van der Waals surface area contributed by atoms with Gasteiger partial charge in [0.2, 0.25) is 0 Å². The van der Waals surface area contributed by atoms with Crippen LogP contribution < -0.4 is 0 Å². The molecule has 1 aromatic heterocycles. The molecule has 0 spiro atoms. The predicted octanol–water partition coefficient (Wildman–Crippen LogP) is 2.29. The lowest BCUT2D eigenvalue weighted by atomic mass is 9.94. The van der Waals surface area contributed by atoms with E-state index in [1.165, 1.54) is 0 Å². The Morgan fingerprint density at radius 1 is 1.25 bits per heavy atom. The van der Waals surface area contributed by atoms with Gasteiger partial charge in [-0.2, -0.15) is 0 Å². The molecule has 5 nitrogen and oxygen atoms in total. The van der Waals surface area contributed by atoms with Crippen LogP contribution in [0.1, 0.15) is 66.4 Å². The van der Waals surface area contributed by atoms with Crippen LogP contribution in [0, 0.1) is 0 Å². The molecule has 1 aromatic rings. The number of aromatic nitrogens is 2. The Kier molecular flexibility index (Phi) is 3.54. The fourth-order valence-electron chi connectivity index (χ4n) is 3.65. The zero-order chi connectivity index (χ0) is 14.3. The summed E-state index contributed by atoms with van der Waals surface area (Å²) in [7, 11) is 2.14. The lowest BCUT2D eigenvalue weighted by molar-refractivity contribution is 0.0688. The standard InChI is InChI=1S/C15H23N3O2/c1-10-4-3-7-18-13(10)12(15(19)20)16-14(18)11-5-8-17(2)9-6-11/h10-11H,3-9H2,1-2H3,(H,19,20). The average Bonchev–Trinajstić information content (AvgIpc) is 2.81. The third-order valence-corrected chi connectivity index (χ3v) is 4.81. The molecule has 5 heteroatoms. The Bertz CT molecular complexity index is 515. The third-order valence-electron chi connectivity index (χ3n) is 4.81. The molecule has 20 heavy (non-hydrogen) atoms. The van der Waals surface area contributed by atoms with Crippen LogP contribution in [0.5, 0.6) is 0 Å². The van der Waals surface area contributed by atoms with Gasteiger partial charge in [-0.3, -0.25) is 0 Å². The monoisotopic (exact) mass is 277 g/mol. The van der Waals surface area contributed by atoms with Crippen molar-refractivity contribution in [1.29, 1.82) is 0 Å². The number of likely N-dealkylation sites (tertiary alicyclic amines) is 1. The lowest BCUT2D eigenvalue weighted by Crippen LogP contribution is -2.30. The molecule has 1 unspecified atom stereocenters. The zero-order valence-electron chi connectivity index (χ0n) is 12.3. The minimum Gasteiger partial charge on any atom is -0.476 e. The van der Waals surface area contributed by atoms with Crippen molar-refractivity contribution in [2.45, 2.75) is 51.0 Å². The van der Waals surface area contributed by atoms with Gasteiger partial charge < -0.3 is 14.6 Å². The summed E-state index contributed by atoms with van der Waals surface area (Å²) in [6, 6.07) is 0. The van der Waals surface area contributed by atoms with Crippen molar-refractivity contribution in [2.24, 2.45) is 0 Å². The summed E-state index contributed by atoms with van der Waals surface area (Å²) in [6.45, 7) is 5.20. The van der Waals surface area contributed by atoms with Gasteiger partial charge in [-0.15, -0.1) is 0 Å². The second-order valence-corrected chi connectivity index (χ2v) is 6.28. The van der Waals surface area contributed by atoms with Gasteiger partial charge in [-0.1, -0.05) is 6.92 Å². The number of carboxylic acid groups (broad SMARTS) is 1. The molecular formula is C15H23N3O2. The highest BCUT2D eigenvalue weighted by atomic mass is 16.4. The molecular weight excluding hydrogens is 254 g/mol. The smallest absolute Gasteiger partial charge is 0.356 e. The number of carbonyl (C=O) groups is 1. The van der Waals surface area contributed by atoms with E-state index in [1.54, 1.807) is 0 Å². The maximum Gasteiger partial charge on any atom is 0.356 e. The number of hydrogen-bond donors (Lipinski definition) is 1. The van der Waals surface area contributed by atoms with Gasteiger partial charge in [0, 0.05) is 12.5 Å². The number of nitrogens with zero attached hydrogens (tertiary/aromatic N) is 3. The molecule has 110 valence electrons. The first kappa shape index (κ1) is 13.6. The van der Waals surface area contributed by atoms with Crippen LogP contribution in [-0.2, 0) is 6.54 Å². The highest BCUT2D eigenvalue weighted by Gasteiger charge is 2.32. The number of carboxylic acids is 1. The first-order chi connectivity index (χ1) is 9.58. The fraction of sp³-hybridized carbons (Fsp3) is 0.733. The van der Waals surface area contributed by atoms with Crippen molar-refractivity contribution in [3.63, 3.8) is 0 Å². The van der Waals surface area contributed by atoms with E-state index >= 15 is 0 Å². The van der Waals surface area contributed by atoms with Crippen LogP contribution in [0.25, 0.3) is 0 Å². The summed E-state index contributed by atoms with van der Waals surface area (Å²) in [5, 5.41) is 9.43. The maximum atomic E-state index is 11.5. The predicted molar refractivity (Wildman–Crippen MR) is 76.3 cm³/mol. The Morgan fingerprint density at radius 2 is 1.95 bits per heavy atom. The van der Waals surface area contributed by atoms with Crippen LogP contribution in [0.15, 0.2) is 0 Å². The first-order valence-corrected chi connectivity index (χ1v) is 7.60. The summed E-state index contributed by atoms with van der Waals surface area (Å²) in [5.74, 6) is 0.879. The van der Waals surface area contributed by atoms with E-state index in [0.717, 1.165) is 56.8 Å². The topological polar surface area (TPSA) is 58.4 Å². The van der Waals surface area contributed by atoms with Crippen LogP contribution in [0.2, 0.25) is 0 Å². The second-order valence-electron chi connectivity index (χ2n) is 6.28. The van der Waals surface area contributed by atoms with Crippen molar-refractivity contribution in [2.75, 3.05) is 20.1 Å². The summed E-state index contributed by atoms with van der Waals surface area (Å²) in [4.78, 5) is 18.3. The number of rotatable bonds is 2. The highest BCUT2D eigenvalue weighted by molar-refractivity contribution is 5.87. The van der Waals surface area contributed by atoms with Crippen LogP contribution in [0.3, 0.4) is 0 Å². The van der Waals surface area contributed by atoms with Gasteiger partial charge in [0.15, 0.2) is 5.69 Å². The molecule has 0 saturated carbocycles. The first-order valence-electron chi connectivity index (χ1n) is 7.60. The summed E-state index contributed by atoms with van der Waals surface area (Å²) >= 11 is 0. The Hall–Kier alpha value is -1.36. The summed E-state index contributed by atoms with van der Waals surface area (Å²) in [6.07, 6.45) is 4.36. The van der Waals surface area contributed by atoms with Gasteiger partial charge in [-0.05, 0) is 51.7 Å². The SMILES string of the molecule is CC1CCCn2c(C3CCN(C)CC3)nc(C(=O)O)c21. The van der Waals surface area contributed by atoms with E-state index in [9.17, 15) is 9.90 Å². The fourth-order valence-corrected chi connectivity index (χ4v) is 3.65. The maximum absolute atomic E-state index is 11.5. The van der Waals surface area contributed by atoms with Gasteiger partial charge in [0.25, 0.3) is 0 Å². The molecule has 0 amide bonds.